The zero-order valence-electron chi connectivity index (χ0n) is 17.7. The normalized spacial score (nSPS) is 11.5. The SMILES string of the molecule is CCc1nn(Cc2ccnn2CC)c2cccc(CC(=O)c3cnc4ccccn34)c12. The van der Waals surface area contributed by atoms with Crippen molar-refractivity contribution in [2.45, 2.75) is 39.8 Å². The summed E-state index contributed by atoms with van der Waals surface area (Å²) in [4.78, 5) is 17.5. The quantitative estimate of drug-likeness (QED) is 0.380. The van der Waals surface area contributed by atoms with Crippen LogP contribution in [0.15, 0.2) is 61.1 Å². The molecule has 5 aromatic rings. The molecule has 0 aliphatic rings. The number of carbonyl (C=O) groups is 1. The minimum Gasteiger partial charge on any atom is -0.297 e. The molecule has 0 amide bonds. The molecule has 1 aromatic carbocycles. The van der Waals surface area contributed by atoms with E-state index in [4.69, 9.17) is 5.10 Å². The maximum atomic E-state index is 13.2. The van der Waals surface area contributed by atoms with E-state index in [-0.39, 0.29) is 5.78 Å². The molecule has 0 fully saturated rings. The number of fused-ring (bicyclic) bond motifs is 2. The van der Waals surface area contributed by atoms with E-state index in [9.17, 15) is 4.79 Å². The predicted octanol–water partition coefficient (Wildman–Crippen LogP) is 3.94. The lowest BCUT2D eigenvalue weighted by molar-refractivity contribution is 0.0987. The fraction of sp³-hybridized carbons (Fsp3) is 0.250. The Balaban J connectivity index is 1.53. The van der Waals surface area contributed by atoms with Gasteiger partial charge in [0.05, 0.1) is 29.6 Å². The fourth-order valence-corrected chi connectivity index (χ4v) is 4.23. The Morgan fingerprint density at radius 3 is 2.77 bits per heavy atom. The molecule has 7 heteroatoms. The third-order valence-corrected chi connectivity index (χ3v) is 5.74. The molecule has 4 heterocycles. The molecule has 0 N–H and O–H groups in total. The molecular formula is C24H24N6O. The van der Waals surface area contributed by atoms with Crippen LogP contribution in [0.2, 0.25) is 0 Å². The molecule has 0 saturated heterocycles. The molecule has 7 nitrogen and oxygen atoms in total. The summed E-state index contributed by atoms with van der Waals surface area (Å²) in [6, 6.07) is 13.9. The summed E-state index contributed by atoms with van der Waals surface area (Å²) >= 11 is 0. The minimum atomic E-state index is 0.0464. The maximum absolute atomic E-state index is 13.2. The molecule has 0 aliphatic carbocycles. The largest absolute Gasteiger partial charge is 0.297 e. The number of hydrogen-bond acceptors (Lipinski definition) is 4. The van der Waals surface area contributed by atoms with E-state index in [0.717, 1.165) is 46.5 Å². The number of ketones is 1. The second-order valence-electron chi connectivity index (χ2n) is 7.58. The van der Waals surface area contributed by atoms with Crippen molar-refractivity contribution in [3.63, 3.8) is 0 Å². The van der Waals surface area contributed by atoms with E-state index in [1.807, 2.05) is 62.6 Å². The zero-order valence-corrected chi connectivity index (χ0v) is 17.7. The van der Waals surface area contributed by atoms with Crippen molar-refractivity contribution in [1.82, 2.24) is 28.9 Å². The van der Waals surface area contributed by atoms with Gasteiger partial charge in [-0.15, -0.1) is 0 Å². The molecule has 0 bridgehead atoms. The highest BCUT2D eigenvalue weighted by molar-refractivity contribution is 5.99. The number of rotatable bonds is 7. The van der Waals surface area contributed by atoms with Gasteiger partial charge in [-0.2, -0.15) is 10.2 Å². The number of nitrogens with zero attached hydrogens (tertiary/aromatic N) is 6. The molecule has 0 spiro atoms. The van der Waals surface area contributed by atoms with Gasteiger partial charge in [-0.05, 0) is 43.2 Å². The summed E-state index contributed by atoms with van der Waals surface area (Å²) in [7, 11) is 0. The standard InChI is InChI=1S/C24H24N6O/c1-3-19-24-17(14-22(31)21-15-25-23-10-5-6-13-28(21)23)8-7-9-20(24)30(27-19)16-18-11-12-26-29(18)4-2/h5-13,15H,3-4,14,16H2,1-2H3. The van der Waals surface area contributed by atoms with Gasteiger partial charge in [0.15, 0.2) is 5.78 Å². The van der Waals surface area contributed by atoms with Crippen molar-refractivity contribution >= 4 is 22.3 Å². The van der Waals surface area contributed by atoms with Gasteiger partial charge >= 0.3 is 0 Å². The van der Waals surface area contributed by atoms with Crippen LogP contribution in [0.25, 0.3) is 16.6 Å². The maximum Gasteiger partial charge on any atom is 0.185 e. The van der Waals surface area contributed by atoms with Crippen LogP contribution in [-0.2, 0) is 25.9 Å². The molecule has 4 aromatic heterocycles. The topological polar surface area (TPSA) is 70.0 Å². The highest BCUT2D eigenvalue weighted by Gasteiger charge is 2.18. The highest BCUT2D eigenvalue weighted by atomic mass is 16.1. The van der Waals surface area contributed by atoms with Crippen LogP contribution in [0.5, 0.6) is 0 Å². The first kappa shape index (κ1) is 19.2. The molecule has 156 valence electrons. The van der Waals surface area contributed by atoms with E-state index >= 15 is 0 Å². The number of aromatic nitrogens is 6. The lowest BCUT2D eigenvalue weighted by Gasteiger charge is -2.07. The fourth-order valence-electron chi connectivity index (χ4n) is 4.23. The van der Waals surface area contributed by atoms with Crippen molar-refractivity contribution in [3.8, 4) is 0 Å². The van der Waals surface area contributed by atoms with Gasteiger partial charge < -0.3 is 0 Å². The summed E-state index contributed by atoms with van der Waals surface area (Å²) in [5.41, 5.74) is 5.55. The van der Waals surface area contributed by atoms with Gasteiger partial charge in [0.2, 0.25) is 0 Å². The lowest BCUT2D eigenvalue weighted by Crippen LogP contribution is -2.09. The Morgan fingerprint density at radius 1 is 1.03 bits per heavy atom. The average Bonchev–Trinajstić information content (AvgIpc) is 3.51. The first-order chi connectivity index (χ1) is 15.2. The van der Waals surface area contributed by atoms with Gasteiger partial charge in [-0.25, -0.2) is 4.98 Å². The van der Waals surface area contributed by atoms with Crippen LogP contribution in [0.3, 0.4) is 0 Å². The first-order valence-electron chi connectivity index (χ1n) is 10.6. The van der Waals surface area contributed by atoms with Crippen molar-refractivity contribution in [2.75, 3.05) is 0 Å². The van der Waals surface area contributed by atoms with E-state index in [2.05, 4.69) is 30.0 Å². The number of imidazole rings is 1. The van der Waals surface area contributed by atoms with Crippen molar-refractivity contribution in [1.29, 1.82) is 0 Å². The third-order valence-electron chi connectivity index (χ3n) is 5.74. The van der Waals surface area contributed by atoms with Gasteiger partial charge in [0.25, 0.3) is 0 Å². The Labute approximate surface area is 179 Å². The number of aryl methyl sites for hydroxylation is 2. The molecule has 31 heavy (non-hydrogen) atoms. The summed E-state index contributed by atoms with van der Waals surface area (Å²) < 4.78 is 5.86. The van der Waals surface area contributed by atoms with Crippen LogP contribution < -0.4 is 0 Å². The van der Waals surface area contributed by atoms with E-state index < -0.39 is 0 Å². The van der Waals surface area contributed by atoms with Crippen molar-refractivity contribution in [2.24, 2.45) is 0 Å². The molecule has 0 unspecified atom stereocenters. The second kappa shape index (κ2) is 7.83. The van der Waals surface area contributed by atoms with E-state index in [1.54, 1.807) is 6.20 Å². The number of Topliss-reactive ketones (excluding diaryl/α,β-unsaturated/α-hetero) is 1. The monoisotopic (exact) mass is 412 g/mol. The van der Waals surface area contributed by atoms with E-state index in [1.165, 1.54) is 0 Å². The Morgan fingerprint density at radius 2 is 1.94 bits per heavy atom. The summed E-state index contributed by atoms with van der Waals surface area (Å²) in [6.45, 7) is 5.65. The van der Waals surface area contributed by atoms with Crippen LogP contribution in [0.4, 0.5) is 0 Å². The lowest BCUT2D eigenvalue weighted by atomic mass is 10.0. The predicted molar refractivity (Wildman–Crippen MR) is 119 cm³/mol. The molecule has 0 saturated carbocycles. The van der Waals surface area contributed by atoms with Gasteiger partial charge in [-0.3, -0.25) is 18.6 Å². The number of pyridine rings is 1. The van der Waals surface area contributed by atoms with E-state index in [0.29, 0.717) is 18.7 Å². The Kier molecular flexibility index (Phi) is 4.86. The molecular weight excluding hydrogens is 388 g/mol. The Bertz CT molecular complexity index is 1390. The molecule has 0 radical (unpaired) electrons. The summed E-state index contributed by atoms with van der Waals surface area (Å²) in [5, 5.41) is 10.3. The van der Waals surface area contributed by atoms with Gasteiger partial charge in [0.1, 0.15) is 11.3 Å². The molecule has 0 atom stereocenters. The van der Waals surface area contributed by atoms with Gasteiger partial charge in [-0.1, -0.05) is 25.1 Å². The van der Waals surface area contributed by atoms with Gasteiger partial charge in [0, 0.05) is 30.7 Å². The van der Waals surface area contributed by atoms with Crippen molar-refractivity contribution in [3.05, 3.63) is 83.7 Å². The number of hydrogen-bond donors (Lipinski definition) is 0. The smallest absolute Gasteiger partial charge is 0.185 e. The third kappa shape index (κ3) is 3.32. The first-order valence-corrected chi connectivity index (χ1v) is 10.6. The average molecular weight is 412 g/mol. The number of carbonyl (C=O) groups excluding carboxylic acids is 1. The Hall–Kier alpha value is -3.74. The minimum absolute atomic E-state index is 0.0464. The van der Waals surface area contributed by atoms with Crippen LogP contribution >= 0.6 is 0 Å². The molecule has 0 aliphatic heterocycles. The van der Waals surface area contributed by atoms with Crippen LogP contribution in [0.1, 0.15) is 41.3 Å². The van der Waals surface area contributed by atoms with Crippen LogP contribution in [-0.4, -0.2) is 34.7 Å². The summed E-state index contributed by atoms with van der Waals surface area (Å²) in [5.74, 6) is 0.0464. The van der Waals surface area contributed by atoms with Crippen molar-refractivity contribution < 1.29 is 4.79 Å². The second-order valence-corrected chi connectivity index (χ2v) is 7.58. The zero-order chi connectivity index (χ0) is 21.4. The number of benzene rings is 1. The van der Waals surface area contributed by atoms with Crippen LogP contribution in [0, 0.1) is 0 Å². The summed E-state index contributed by atoms with van der Waals surface area (Å²) in [6.07, 6.45) is 6.48. The highest BCUT2D eigenvalue weighted by Crippen LogP contribution is 2.26. The molecule has 5 rings (SSSR count).